The summed E-state index contributed by atoms with van der Waals surface area (Å²) in [5, 5.41) is 0. The van der Waals surface area contributed by atoms with E-state index >= 15 is 0 Å². The maximum absolute atomic E-state index is 13.8. The Balaban J connectivity index is 2.05. The van der Waals surface area contributed by atoms with Crippen LogP contribution < -0.4 is 0 Å². The Morgan fingerprint density at radius 2 is 1.81 bits per heavy atom. The van der Waals surface area contributed by atoms with E-state index in [9.17, 15) is 9.59 Å². The zero-order valence-electron chi connectivity index (χ0n) is 18.2. The van der Waals surface area contributed by atoms with Crippen molar-refractivity contribution in [2.75, 3.05) is 13.7 Å². The third-order valence-corrected chi connectivity index (χ3v) is 7.24. The van der Waals surface area contributed by atoms with E-state index in [0.717, 1.165) is 19.4 Å². The highest BCUT2D eigenvalue weighted by Crippen LogP contribution is 2.58. The van der Waals surface area contributed by atoms with E-state index in [0.29, 0.717) is 12.8 Å². The molecular weight excluding hydrogens is 344 g/mol. The van der Waals surface area contributed by atoms with E-state index in [1.165, 1.54) is 7.11 Å². The first-order valence-corrected chi connectivity index (χ1v) is 10.3. The van der Waals surface area contributed by atoms with Gasteiger partial charge in [0.1, 0.15) is 11.8 Å². The molecule has 1 aliphatic carbocycles. The molecule has 2 aliphatic heterocycles. The van der Waals surface area contributed by atoms with Gasteiger partial charge >= 0.3 is 5.97 Å². The minimum Gasteiger partial charge on any atom is -0.467 e. The van der Waals surface area contributed by atoms with Crippen LogP contribution in [0.25, 0.3) is 0 Å². The Labute approximate surface area is 163 Å². The lowest BCUT2D eigenvalue weighted by molar-refractivity contribution is -0.247. The Bertz CT molecular complexity index is 626. The predicted octanol–water partition coefficient (Wildman–Crippen LogP) is 2.94. The second kappa shape index (κ2) is 6.18. The molecule has 2 heterocycles. The van der Waals surface area contributed by atoms with Crippen LogP contribution in [0.1, 0.15) is 74.1 Å². The number of hydrogen-bond donors (Lipinski definition) is 0. The maximum Gasteiger partial charge on any atom is 0.328 e. The molecule has 0 aromatic rings. The summed E-state index contributed by atoms with van der Waals surface area (Å²) in [5.41, 5.74) is -1.91. The molecule has 6 heteroatoms. The fourth-order valence-corrected chi connectivity index (χ4v) is 6.34. The van der Waals surface area contributed by atoms with Crippen LogP contribution >= 0.6 is 0 Å². The van der Waals surface area contributed by atoms with Gasteiger partial charge in [0.25, 0.3) is 5.91 Å². The molecule has 0 N–H and O–H groups in total. The van der Waals surface area contributed by atoms with E-state index < -0.39 is 17.4 Å². The number of methoxy groups -OCH3 is 1. The predicted molar refractivity (Wildman–Crippen MR) is 103 cm³/mol. The van der Waals surface area contributed by atoms with Gasteiger partial charge in [-0.1, -0.05) is 13.8 Å². The van der Waals surface area contributed by atoms with Gasteiger partial charge in [0.05, 0.1) is 7.11 Å². The standard InChI is InChI=1S/C21H36N2O4/c1-9-22-18(4,5)12-20(13-19(22,6)7)17(25)23(15(3)16(24)26-8)21(27-20)11-10-14(21)2/h14-15H,9-13H2,1-8H3. The first kappa shape index (κ1) is 20.6. The van der Waals surface area contributed by atoms with Gasteiger partial charge in [0.15, 0.2) is 5.60 Å². The summed E-state index contributed by atoms with van der Waals surface area (Å²) >= 11 is 0. The minimum absolute atomic E-state index is 0.0381. The molecular formula is C21H36N2O4. The molecule has 3 fully saturated rings. The summed E-state index contributed by atoms with van der Waals surface area (Å²) in [6, 6.07) is -0.639. The smallest absolute Gasteiger partial charge is 0.328 e. The van der Waals surface area contributed by atoms with Gasteiger partial charge in [-0.25, -0.2) is 4.79 Å². The van der Waals surface area contributed by atoms with Crippen molar-refractivity contribution >= 4 is 11.9 Å². The summed E-state index contributed by atoms with van der Waals surface area (Å²) in [4.78, 5) is 30.4. The average molecular weight is 381 g/mol. The fraction of sp³-hybridized carbons (Fsp3) is 0.905. The highest BCUT2D eigenvalue weighted by molar-refractivity contribution is 5.92. The van der Waals surface area contributed by atoms with Gasteiger partial charge in [-0.3, -0.25) is 14.6 Å². The SMILES string of the molecule is CCN1C(C)(C)CC2(CC1(C)C)OC1(CCC1C)N(C(C)C(=O)OC)C2=O. The highest BCUT2D eigenvalue weighted by atomic mass is 16.6. The molecule has 0 radical (unpaired) electrons. The van der Waals surface area contributed by atoms with Gasteiger partial charge in [-0.2, -0.15) is 0 Å². The number of carbonyl (C=O) groups excluding carboxylic acids is 2. The van der Waals surface area contributed by atoms with Crippen molar-refractivity contribution in [1.82, 2.24) is 9.80 Å². The lowest BCUT2D eigenvalue weighted by atomic mass is 9.70. The molecule has 0 aromatic carbocycles. The number of likely N-dealkylation sites (tertiary alicyclic amines) is 1. The third-order valence-electron chi connectivity index (χ3n) is 7.24. The summed E-state index contributed by atoms with van der Waals surface area (Å²) < 4.78 is 11.7. The topological polar surface area (TPSA) is 59.1 Å². The third kappa shape index (κ3) is 2.74. The van der Waals surface area contributed by atoms with Gasteiger partial charge in [-0.15, -0.1) is 0 Å². The number of piperidine rings is 1. The van der Waals surface area contributed by atoms with Gasteiger partial charge in [-0.05, 0) is 54.0 Å². The van der Waals surface area contributed by atoms with E-state index in [1.807, 2.05) is 0 Å². The molecule has 3 aliphatic rings. The molecule has 3 unspecified atom stereocenters. The van der Waals surface area contributed by atoms with Crippen LogP contribution in [0.3, 0.4) is 0 Å². The second-order valence-corrected chi connectivity index (χ2v) is 9.98. The number of rotatable bonds is 3. The van der Waals surface area contributed by atoms with Crippen molar-refractivity contribution < 1.29 is 19.1 Å². The minimum atomic E-state index is -0.879. The van der Waals surface area contributed by atoms with Gasteiger partial charge in [0.2, 0.25) is 0 Å². The quantitative estimate of drug-likeness (QED) is 0.705. The largest absolute Gasteiger partial charge is 0.467 e. The van der Waals surface area contributed by atoms with Crippen LogP contribution in [0.15, 0.2) is 0 Å². The fourth-order valence-electron chi connectivity index (χ4n) is 6.34. The lowest BCUT2D eigenvalue weighted by Crippen LogP contribution is -2.67. The summed E-state index contributed by atoms with van der Waals surface area (Å²) in [6.07, 6.45) is 3.05. The van der Waals surface area contributed by atoms with E-state index in [4.69, 9.17) is 9.47 Å². The molecule has 2 saturated heterocycles. The molecule has 3 rings (SSSR count). The van der Waals surface area contributed by atoms with E-state index in [1.54, 1.807) is 11.8 Å². The Morgan fingerprint density at radius 3 is 2.19 bits per heavy atom. The molecule has 1 amide bonds. The zero-order valence-corrected chi connectivity index (χ0v) is 18.2. The number of carbonyl (C=O) groups is 2. The van der Waals surface area contributed by atoms with Crippen molar-refractivity contribution in [2.24, 2.45) is 5.92 Å². The Morgan fingerprint density at radius 1 is 1.26 bits per heavy atom. The number of amides is 1. The molecule has 154 valence electrons. The zero-order chi connectivity index (χ0) is 20.4. The Hall–Kier alpha value is -1.14. The summed E-state index contributed by atoms with van der Waals surface area (Å²) in [5.74, 6) is -0.209. The molecule has 3 atom stereocenters. The van der Waals surface area contributed by atoms with Crippen molar-refractivity contribution in [3.8, 4) is 0 Å². The molecule has 27 heavy (non-hydrogen) atoms. The normalized spacial score (nSPS) is 35.3. The Kier molecular flexibility index (Phi) is 4.71. The van der Waals surface area contributed by atoms with Gasteiger partial charge in [0, 0.05) is 29.8 Å². The van der Waals surface area contributed by atoms with E-state index in [-0.39, 0.29) is 28.9 Å². The first-order chi connectivity index (χ1) is 12.4. The van der Waals surface area contributed by atoms with Crippen LogP contribution in [-0.2, 0) is 19.1 Å². The number of ether oxygens (including phenoxy) is 2. The van der Waals surface area contributed by atoms with Crippen molar-refractivity contribution in [2.45, 2.75) is 103 Å². The molecule has 0 aromatic heterocycles. The van der Waals surface area contributed by atoms with Crippen molar-refractivity contribution in [3.63, 3.8) is 0 Å². The monoisotopic (exact) mass is 380 g/mol. The number of hydrogen-bond acceptors (Lipinski definition) is 5. The van der Waals surface area contributed by atoms with Crippen LogP contribution in [0.5, 0.6) is 0 Å². The van der Waals surface area contributed by atoms with Gasteiger partial charge < -0.3 is 9.47 Å². The van der Waals surface area contributed by atoms with Crippen molar-refractivity contribution in [1.29, 1.82) is 0 Å². The lowest BCUT2D eigenvalue weighted by Gasteiger charge is -2.58. The molecule has 6 nitrogen and oxygen atoms in total. The van der Waals surface area contributed by atoms with Crippen LogP contribution in [0.4, 0.5) is 0 Å². The highest BCUT2D eigenvalue weighted by Gasteiger charge is 2.70. The van der Waals surface area contributed by atoms with E-state index in [2.05, 4.69) is 46.4 Å². The summed E-state index contributed by atoms with van der Waals surface area (Å²) in [6.45, 7) is 15.7. The number of esters is 1. The number of nitrogens with zero attached hydrogens (tertiary/aromatic N) is 2. The maximum atomic E-state index is 13.8. The first-order valence-electron chi connectivity index (χ1n) is 10.3. The molecule has 0 bridgehead atoms. The van der Waals surface area contributed by atoms with Crippen molar-refractivity contribution in [3.05, 3.63) is 0 Å². The second-order valence-electron chi connectivity index (χ2n) is 9.98. The average Bonchev–Trinajstić information content (AvgIpc) is 2.80. The summed E-state index contributed by atoms with van der Waals surface area (Å²) in [7, 11) is 1.37. The van der Waals surface area contributed by atoms with Crippen LogP contribution in [-0.4, -0.2) is 63.8 Å². The van der Waals surface area contributed by atoms with Crippen LogP contribution in [0, 0.1) is 5.92 Å². The molecule has 1 saturated carbocycles. The molecule has 2 spiro atoms. The van der Waals surface area contributed by atoms with Crippen LogP contribution in [0.2, 0.25) is 0 Å².